The predicted octanol–water partition coefficient (Wildman–Crippen LogP) is 3.28. The van der Waals surface area contributed by atoms with Gasteiger partial charge >= 0.3 is 5.97 Å². The first-order chi connectivity index (χ1) is 9.99. The van der Waals surface area contributed by atoms with Gasteiger partial charge in [0.2, 0.25) is 0 Å². The van der Waals surface area contributed by atoms with E-state index in [1.165, 1.54) is 0 Å². The molecular weight excluding hydrogens is 284 g/mol. The minimum Gasteiger partial charge on any atom is -0.481 e. The van der Waals surface area contributed by atoms with Gasteiger partial charge in [-0.05, 0) is 31.0 Å². The van der Waals surface area contributed by atoms with Crippen LogP contribution in [0.25, 0.3) is 0 Å². The Hall–Kier alpha value is -1.94. The van der Waals surface area contributed by atoms with Crippen molar-refractivity contribution >= 4 is 16.8 Å². The second-order valence-corrected chi connectivity index (χ2v) is 6.55. The zero-order valence-corrected chi connectivity index (χ0v) is 12.9. The molecule has 1 N–H and O–H groups in total. The third kappa shape index (κ3) is 3.79. The van der Waals surface area contributed by atoms with Crippen LogP contribution in [-0.4, -0.2) is 21.0 Å². The third-order valence-corrected chi connectivity index (χ3v) is 4.98. The zero-order valence-electron chi connectivity index (χ0n) is 12.1. The molecule has 0 aliphatic heterocycles. The molecule has 2 unspecified atom stereocenters. The van der Waals surface area contributed by atoms with Crippen LogP contribution in [0.15, 0.2) is 53.4 Å². The Morgan fingerprint density at radius 3 is 2.38 bits per heavy atom. The molecule has 2 atom stereocenters. The summed E-state index contributed by atoms with van der Waals surface area (Å²) in [6.07, 6.45) is 0. The molecule has 0 saturated heterocycles. The first kappa shape index (κ1) is 15.4. The molecule has 110 valence electrons. The number of carbonyl (C=O) groups is 1. The normalized spacial score (nSPS) is 13.6. The molecule has 21 heavy (non-hydrogen) atoms. The average molecular weight is 302 g/mol. The quantitative estimate of drug-likeness (QED) is 0.922. The number of aliphatic carboxylic acids is 1. The van der Waals surface area contributed by atoms with Crippen molar-refractivity contribution in [1.29, 1.82) is 0 Å². The number of aryl methyl sites for hydroxylation is 2. The molecule has 0 aromatic heterocycles. The van der Waals surface area contributed by atoms with Crippen molar-refractivity contribution in [3.63, 3.8) is 0 Å². The molecule has 2 aromatic carbocycles. The van der Waals surface area contributed by atoms with E-state index in [0.717, 1.165) is 11.1 Å². The van der Waals surface area contributed by atoms with Crippen molar-refractivity contribution in [1.82, 2.24) is 0 Å². The molecule has 3 nitrogen and oxygen atoms in total. The predicted molar refractivity (Wildman–Crippen MR) is 84.0 cm³/mol. The summed E-state index contributed by atoms with van der Waals surface area (Å²) in [5, 5.41) is 9.40. The molecule has 0 aliphatic rings. The maximum atomic E-state index is 12.5. The van der Waals surface area contributed by atoms with Gasteiger partial charge in [0.05, 0.1) is 16.7 Å². The standard InChI is InChI=1S/C17H18O3S/c1-12-8-9-16(13(2)10-12)21(20)11-15(17(18)19)14-6-4-3-5-7-14/h3-10,15H,11H2,1-2H3,(H,18,19). The Morgan fingerprint density at radius 2 is 1.81 bits per heavy atom. The van der Waals surface area contributed by atoms with Crippen LogP contribution in [0.5, 0.6) is 0 Å². The largest absolute Gasteiger partial charge is 0.481 e. The van der Waals surface area contributed by atoms with Gasteiger partial charge in [-0.25, -0.2) is 0 Å². The van der Waals surface area contributed by atoms with E-state index in [1.54, 1.807) is 24.3 Å². The zero-order chi connectivity index (χ0) is 15.4. The smallest absolute Gasteiger partial charge is 0.311 e. The van der Waals surface area contributed by atoms with Gasteiger partial charge in [0.1, 0.15) is 0 Å². The maximum Gasteiger partial charge on any atom is 0.311 e. The topological polar surface area (TPSA) is 54.4 Å². The summed E-state index contributed by atoms with van der Waals surface area (Å²) in [6, 6.07) is 14.6. The molecule has 0 aliphatic carbocycles. The highest BCUT2D eigenvalue weighted by Crippen LogP contribution is 2.22. The molecular formula is C17H18O3S. The molecule has 0 spiro atoms. The number of carboxylic acid groups (broad SMARTS) is 1. The van der Waals surface area contributed by atoms with Gasteiger partial charge in [0.25, 0.3) is 0 Å². The van der Waals surface area contributed by atoms with E-state index < -0.39 is 22.7 Å². The fourth-order valence-corrected chi connectivity index (χ4v) is 3.75. The van der Waals surface area contributed by atoms with Crippen LogP contribution < -0.4 is 0 Å². The molecule has 0 bridgehead atoms. The average Bonchev–Trinajstić information content (AvgIpc) is 2.45. The fourth-order valence-electron chi connectivity index (χ4n) is 2.29. The number of carboxylic acids is 1. The van der Waals surface area contributed by atoms with Gasteiger partial charge in [0.15, 0.2) is 0 Å². The van der Waals surface area contributed by atoms with E-state index in [2.05, 4.69) is 0 Å². The molecule has 0 saturated carbocycles. The van der Waals surface area contributed by atoms with Crippen LogP contribution >= 0.6 is 0 Å². The molecule has 0 fully saturated rings. The highest BCUT2D eigenvalue weighted by atomic mass is 32.2. The third-order valence-electron chi connectivity index (χ3n) is 3.39. The van der Waals surface area contributed by atoms with Crippen LogP contribution in [0.3, 0.4) is 0 Å². The molecule has 2 rings (SSSR count). The van der Waals surface area contributed by atoms with Crippen molar-refractivity contribution in [2.45, 2.75) is 24.7 Å². The van der Waals surface area contributed by atoms with Gasteiger partial charge < -0.3 is 5.11 Å². The monoisotopic (exact) mass is 302 g/mol. The molecule has 0 heterocycles. The summed E-state index contributed by atoms with van der Waals surface area (Å²) in [6.45, 7) is 3.88. The van der Waals surface area contributed by atoms with Crippen LogP contribution in [-0.2, 0) is 15.6 Å². The fraction of sp³-hybridized carbons (Fsp3) is 0.235. The lowest BCUT2D eigenvalue weighted by molar-refractivity contribution is -0.138. The van der Waals surface area contributed by atoms with Gasteiger partial charge in [-0.3, -0.25) is 9.00 Å². The molecule has 0 radical (unpaired) electrons. The summed E-state index contributed by atoms with van der Waals surface area (Å²) < 4.78 is 12.5. The molecule has 4 heteroatoms. The van der Waals surface area contributed by atoms with Gasteiger partial charge in [-0.15, -0.1) is 0 Å². The lowest BCUT2D eigenvalue weighted by atomic mass is 10.0. The highest BCUT2D eigenvalue weighted by Gasteiger charge is 2.23. The van der Waals surface area contributed by atoms with Crippen molar-refractivity contribution in [2.24, 2.45) is 0 Å². The SMILES string of the molecule is Cc1ccc(S(=O)CC(C(=O)O)c2ccccc2)c(C)c1. The van der Waals surface area contributed by atoms with Gasteiger partial charge in [-0.2, -0.15) is 0 Å². The lowest BCUT2D eigenvalue weighted by Gasteiger charge is -2.13. The molecule has 2 aromatic rings. The highest BCUT2D eigenvalue weighted by molar-refractivity contribution is 7.85. The Kier molecular flexibility index (Phi) is 4.91. The van der Waals surface area contributed by atoms with E-state index in [4.69, 9.17) is 0 Å². The van der Waals surface area contributed by atoms with Crippen molar-refractivity contribution in [3.8, 4) is 0 Å². The summed E-state index contributed by atoms with van der Waals surface area (Å²) >= 11 is 0. The first-order valence-electron chi connectivity index (χ1n) is 6.72. The Morgan fingerprint density at radius 1 is 1.14 bits per heavy atom. The van der Waals surface area contributed by atoms with Crippen molar-refractivity contribution in [3.05, 3.63) is 65.2 Å². The van der Waals surface area contributed by atoms with Gasteiger partial charge in [-0.1, -0.05) is 48.0 Å². The number of benzene rings is 2. The molecule has 0 amide bonds. The second-order valence-electron chi connectivity index (χ2n) is 5.08. The first-order valence-corrected chi connectivity index (χ1v) is 8.04. The second kappa shape index (κ2) is 6.68. The van der Waals surface area contributed by atoms with Crippen molar-refractivity contribution in [2.75, 3.05) is 5.75 Å². The summed E-state index contributed by atoms with van der Waals surface area (Å²) in [7, 11) is -1.34. The van der Waals surface area contributed by atoms with Crippen LogP contribution in [0.2, 0.25) is 0 Å². The summed E-state index contributed by atoms with van der Waals surface area (Å²) in [5.41, 5.74) is 2.72. The Labute approximate surface area is 127 Å². The summed E-state index contributed by atoms with van der Waals surface area (Å²) in [5.74, 6) is -1.62. The summed E-state index contributed by atoms with van der Waals surface area (Å²) in [4.78, 5) is 12.2. The number of rotatable bonds is 5. The Bertz CT molecular complexity index is 665. The van der Waals surface area contributed by atoms with Crippen LogP contribution in [0.4, 0.5) is 0 Å². The van der Waals surface area contributed by atoms with Crippen LogP contribution in [0.1, 0.15) is 22.6 Å². The van der Waals surface area contributed by atoms with E-state index in [9.17, 15) is 14.1 Å². The van der Waals surface area contributed by atoms with E-state index in [-0.39, 0.29) is 5.75 Å². The minimum atomic E-state index is -1.34. The van der Waals surface area contributed by atoms with Gasteiger partial charge in [0, 0.05) is 10.6 Å². The van der Waals surface area contributed by atoms with Crippen molar-refractivity contribution < 1.29 is 14.1 Å². The van der Waals surface area contributed by atoms with Crippen LogP contribution in [0, 0.1) is 13.8 Å². The maximum absolute atomic E-state index is 12.5. The van der Waals surface area contributed by atoms with E-state index in [1.807, 2.05) is 38.1 Å². The number of hydrogen-bond donors (Lipinski definition) is 1. The number of hydrogen-bond acceptors (Lipinski definition) is 2. The lowest BCUT2D eigenvalue weighted by Crippen LogP contribution is -2.19. The van der Waals surface area contributed by atoms with E-state index >= 15 is 0 Å². The Balaban J connectivity index is 2.25. The minimum absolute atomic E-state index is 0.0866. The van der Waals surface area contributed by atoms with E-state index in [0.29, 0.717) is 10.5 Å².